The molecular weight excluding hydrogens is 383 g/mol. The number of morpholine rings is 1. The summed E-state index contributed by atoms with van der Waals surface area (Å²) in [6.45, 7) is 1.40. The molecule has 0 aliphatic carbocycles. The molecular formula is C23H23FN4O2. The molecule has 1 aliphatic heterocycles. The fourth-order valence-electron chi connectivity index (χ4n) is 3.49. The fourth-order valence-corrected chi connectivity index (χ4v) is 3.49. The van der Waals surface area contributed by atoms with Gasteiger partial charge in [0.2, 0.25) is 0 Å². The number of ether oxygens (including phenoxy) is 1. The van der Waals surface area contributed by atoms with Crippen LogP contribution in [-0.4, -0.2) is 47.5 Å². The lowest BCUT2D eigenvalue weighted by Gasteiger charge is -2.32. The molecule has 6 nitrogen and oxygen atoms in total. The fraction of sp³-hybridized carbons (Fsp3) is 0.261. The van der Waals surface area contributed by atoms with E-state index in [2.05, 4.69) is 15.3 Å². The maximum absolute atomic E-state index is 13.9. The second-order valence-electron chi connectivity index (χ2n) is 7.15. The first-order valence-corrected chi connectivity index (χ1v) is 9.87. The third-order valence-corrected chi connectivity index (χ3v) is 5.15. The molecule has 1 aromatic carbocycles. The molecule has 1 N–H and O–H groups in total. The summed E-state index contributed by atoms with van der Waals surface area (Å²) in [5.74, 6) is 0.375. The van der Waals surface area contributed by atoms with Crippen LogP contribution in [0.1, 0.15) is 33.3 Å². The van der Waals surface area contributed by atoms with Gasteiger partial charge in [-0.1, -0.05) is 24.3 Å². The molecule has 1 amide bonds. The van der Waals surface area contributed by atoms with Crippen LogP contribution in [0.5, 0.6) is 0 Å². The highest BCUT2D eigenvalue weighted by Gasteiger charge is 2.27. The molecule has 2 aromatic heterocycles. The van der Waals surface area contributed by atoms with Gasteiger partial charge in [-0.25, -0.2) is 9.37 Å². The number of hydrogen-bond acceptors (Lipinski definition) is 5. The maximum Gasteiger partial charge on any atom is 0.254 e. The number of carbonyl (C=O) groups excluding carboxylic acids is 1. The smallest absolute Gasteiger partial charge is 0.254 e. The molecule has 30 heavy (non-hydrogen) atoms. The van der Waals surface area contributed by atoms with Gasteiger partial charge in [-0.15, -0.1) is 0 Å². The molecule has 0 spiro atoms. The zero-order valence-electron chi connectivity index (χ0n) is 16.7. The van der Waals surface area contributed by atoms with Gasteiger partial charge in [-0.05, 0) is 35.4 Å². The second kappa shape index (κ2) is 9.00. The maximum atomic E-state index is 13.9. The van der Waals surface area contributed by atoms with Crippen LogP contribution < -0.4 is 5.32 Å². The van der Waals surface area contributed by atoms with Crippen molar-refractivity contribution in [3.63, 3.8) is 0 Å². The van der Waals surface area contributed by atoms with E-state index in [1.165, 1.54) is 6.07 Å². The van der Waals surface area contributed by atoms with Crippen LogP contribution in [0.2, 0.25) is 0 Å². The molecule has 154 valence electrons. The van der Waals surface area contributed by atoms with Crippen molar-refractivity contribution in [1.29, 1.82) is 0 Å². The zero-order valence-corrected chi connectivity index (χ0v) is 16.7. The number of nitrogens with one attached hydrogen (secondary N) is 1. The lowest BCUT2D eigenvalue weighted by Crippen LogP contribution is -2.42. The number of benzene rings is 1. The number of rotatable bonds is 5. The summed E-state index contributed by atoms with van der Waals surface area (Å²) >= 11 is 0. The Hall–Kier alpha value is -3.32. The number of halogens is 1. The molecule has 1 atom stereocenters. The minimum Gasteiger partial charge on any atom is -0.373 e. The van der Waals surface area contributed by atoms with E-state index in [-0.39, 0.29) is 17.8 Å². The molecule has 1 unspecified atom stereocenters. The predicted octanol–water partition coefficient (Wildman–Crippen LogP) is 3.46. The van der Waals surface area contributed by atoms with Gasteiger partial charge < -0.3 is 15.0 Å². The van der Waals surface area contributed by atoms with Gasteiger partial charge in [-0.3, -0.25) is 9.78 Å². The van der Waals surface area contributed by atoms with E-state index in [1.807, 2.05) is 18.2 Å². The number of anilines is 1. The number of aromatic nitrogens is 2. The van der Waals surface area contributed by atoms with Gasteiger partial charge in [0.1, 0.15) is 17.7 Å². The van der Waals surface area contributed by atoms with Crippen LogP contribution in [0.25, 0.3) is 0 Å². The Labute approximate surface area is 174 Å². The highest BCUT2D eigenvalue weighted by Crippen LogP contribution is 2.23. The first-order chi connectivity index (χ1) is 14.6. The van der Waals surface area contributed by atoms with Crippen LogP contribution in [0.3, 0.4) is 0 Å². The first kappa shape index (κ1) is 20.0. The van der Waals surface area contributed by atoms with Crippen molar-refractivity contribution in [2.75, 3.05) is 32.1 Å². The van der Waals surface area contributed by atoms with E-state index >= 15 is 0 Å². The summed E-state index contributed by atoms with van der Waals surface area (Å²) in [4.78, 5) is 23.3. The highest BCUT2D eigenvalue weighted by molar-refractivity contribution is 5.94. The van der Waals surface area contributed by atoms with Gasteiger partial charge in [0.25, 0.3) is 5.91 Å². The van der Waals surface area contributed by atoms with Crippen LogP contribution in [0.4, 0.5) is 10.2 Å². The predicted molar refractivity (Wildman–Crippen MR) is 112 cm³/mol. The molecule has 1 fully saturated rings. The van der Waals surface area contributed by atoms with E-state index in [9.17, 15) is 9.18 Å². The molecule has 4 rings (SSSR count). The molecule has 1 saturated heterocycles. The van der Waals surface area contributed by atoms with Crippen LogP contribution in [-0.2, 0) is 11.2 Å². The van der Waals surface area contributed by atoms with E-state index in [4.69, 9.17) is 4.74 Å². The summed E-state index contributed by atoms with van der Waals surface area (Å²) < 4.78 is 19.7. The molecule has 3 heterocycles. The van der Waals surface area contributed by atoms with Crippen molar-refractivity contribution in [1.82, 2.24) is 14.9 Å². The molecule has 0 bridgehead atoms. The van der Waals surface area contributed by atoms with Crippen molar-refractivity contribution < 1.29 is 13.9 Å². The molecule has 1 aliphatic rings. The van der Waals surface area contributed by atoms with E-state index in [0.717, 1.165) is 11.3 Å². The largest absolute Gasteiger partial charge is 0.373 e. The summed E-state index contributed by atoms with van der Waals surface area (Å²) in [7, 11) is 1.77. The number of hydrogen-bond donors (Lipinski definition) is 1. The van der Waals surface area contributed by atoms with Gasteiger partial charge in [0.05, 0.1) is 18.8 Å². The second-order valence-corrected chi connectivity index (χ2v) is 7.15. The average Bonchev–Trinajstić information content (AvgIpc) is 2.81. The van der Waals surface area contributed by atoms with Gasteiger partial charge in [-0.2, -0.15) is 0 Å². The summed E-state index contributed by atoms with van der Waals surface area (Å²) in [5, 5.41) is 2.95. The van der Waals surface area contributed by atoms with Crippen molar-refractivity contribution >= 4 is 11.7 Å². The van der Waals surface area contributed by atoms with E-state index in [0.29, 0.717) is 43.1 Å². The van der Waals surface area contributed by atoms with Crippen molar-refractivity contribution in [2.24, 2.45) is 0 Å². The van der Waals surface area contributed by atoms with Crippen molar-refractivity contribution in [3.8, 4) is 0 Å². The minimum atomic E-state index is -0.296. The van der Waals surface area contributed by atoms with E-state index < -0.39 is 0 Å². The third kappa shape index (κ3) is 4.46. The van der Waals surface area contributed by atoms with Gasteiger partial charge in [0.15, 0.2) is 0 Å². The first-order valence-electron chi connectivity index (χ1n) is 9.87. The summed E-state index contributed by atoms with van der Waals surface area (Å²) in [6.07, 6.45) is 3.54. The molecule has 0 saturated carbocycles. The van der Waals surface area contributed by atoms with Crippen LogP contribution >= 0.6 is 0 Å². The lowest BCUT2D eigenvalue weighted by molar-refractivity contribution is -0.0247. The lowest BCUT2D eigenvalue weighted by atomic mass is 10.0. The number of pyridine rings is 2. The Morgan fingerprint density at radius 3 is 2.87 bits per heavy atom. The third-order valence-electron chi connectivity index (χ3n) is 5.15. The molecule has 3 aromatic rings. The van der Waals surface area contributed by atoms with Crippen LogP contribution in [0.15, 0.2) is 60.9 Å². The Balaban J connectivity index is 1.44. The summed E-state index contributed by atoms with van der Waals surface area (Å²) in [6, 6.07) is 14.0. The van der Waals surface area contributed by atoms with Gasteiger partial charge >= 0.3 is 0 Å². The van der Waals surface area contributed by atoms with Gasteiger partial charge in [0, 0.05) is 38.0 Å². The molecule has 0 radical (unpaired) electrons. The Bertz CT molecular complexity index is 1030. The SMILES string of the molecule is CNc1cc(C(=O)N2CCOC(c3ccc(Cc4ccccc4F)cn3)C2)ccn1. The minimum absolute atomic E-state index is 0.0571. The highest BCUT2D eigenvalue weighted by atomic mass is 19.1. The monoisotopic (exact) mass is 406 g/mol. The number of nitrogens with zero attached hydrogens (tertiary/aromatic N) is 3. The summed E-state index contributed by atoms with van der Waals surface area (Å²) in [5.41, 5.74) is 2.90. The van der Waals surface area contributed by atoms with E-state index in [1.54, 1.807) is 48.6 Å². The average molecular weight is 406 g/mol. The standard InChI is InChI=1S/C23H23FN4O2/c1-25-22-13-18(8-9-26-22)23(29)28-10-11-30-21(15-28)20-7-6-16(14-27-20)12-17-4-2-3-5-19(17)24/h2-9,13-14,21H,10-12,15H2,1H3,(H,25,26). The normalized spacial score (nSPS) is 16.3. The van der Waals surface area contributed by atoms with Crippen molar-refractivity contribution in [3.05, 3.63) is 89.1 Å². The number of amides is 1. The topological polar surface area (TPSA) is 67.4 Å². The zero-order chi connectivity index (χ0) is 20.9. The Morgan fingerprint density at radius 2 is 2.10 bits per heavy atom. The number of carbonyl (C=O) groups is 1. The van der Waals surface area contributed by atoms with Crippen LogP contribution in [0, 0.1) is 5.82 Å². The molecule has 7 heteroatoms. The Kier molecular flexibility index (Phi) is 5.99. The van der Waals surface area contributed by atoms with Crippen molar-refractivity contribution in [2.45, 2.75) is 12.5 Å². The Morgan fingerprint density at radius 1 is 1.23 bits per heavy atom. The quantitative estimate of drug-likeness (QED) is 0.703.